The van der Waals surface area contributed by atoms with Gasteiger partial charge in [-0.05, 0) is 0 Å². The molecule has 2 aromatic heterocycles. The van der Waals surface area contributed by atoms with E-state index < -0.39 is 11.8 Å². The number of carbonyl (C=O) groups excluding carboxylic acids is 2. The van der Waals surface area contributed by atoms with Gasteiger partial charge in [0.15, 0.2) is 0 Å². The van der Waals surface area contributed by atoms with Crippen LogP contribution < -0.4 is 22.9 Å². The van der Waals surface area contributed by atoms with Gasteiger partial charge in [0.05, 0.1) is 20.8 Å². The molecule has 0 saturated carbocycles. The highest BCUT2D eigenvalue weighted by Crippen LogP contribution is 2.44. The van der Waals surface area contributed by atoms with Crippen LogP contribution in [0.5, 0.6) is 0 Å². The van der Waals surface area contributed by atoms with Gasteiger partial charge >= 0.3 is 0 Å². The van der Waals surface area contributed by atoms with Crippen molar-refractivity contribution in [3.8, 4) is 0 Å². The van der Waals surface area contributed by atoms with Crippen molar-refractivity contribution in [2.45, 2.75) is 0 Å². The lowest BCUT2D eigenvalue weighted by atomic mass is 10.2. The summed E-state index contributed by atoms with van der Waals surface area (Å²) in [4.78, 5) is 22.6. The summed E-state index contributed by atoms with van der Waals surface area (Å²) >= 11 is 2.23. The van der Waals surface area contributed by atoms with E-state index in [-0.39, 0.29) is 21.1 Å². The molecule has 84 valence electrons. The molecule has 0 radical (unpaired) electrons. The van der Waals surface area contributed by atoms with E-state index in [1.165, 1.54) is 0 Å². The predicted molar refractivity (Wildman–Crippen MR) is 65.6 cm³/mol. The Morgan fingerprint density at radius 1 is 0.875 bits per heavy atom. The fourth-order valence-corrected chi connectivity index (χ4v) is 3.68. The molecule has 0 unspecified atom stereocenters. The largest absolute Gasteiger partial charge is 0.397 e. The molecular formula is C8H8N4O2S2. The molecule has 16 heavy (non-hydrogen) atoms. The van der Waals surface area contributed by atoms with Crippen molar-refractivity contribution < 1.29 is 9.59 Å². The van der Waals surface area contributed by atoms with E-state index in [1.54, 1.807) is 0 Å². The van der Waals surface area contributed by atoms with E-state index in [0.717, 1.165) is 22.7 Å². The molecule has 0 aliphatic rings. The molecule has 2 rings (SSSR count). The van der Waals surface area contributed by atoms with Crippen molar-refractivity contribution in [3.63, 3.8) is 0 Å². The summed E-state index contributed by atoms with van der Waals surface area (Å²) in [6.07, 6.45) is 0. The number of amides is 2. The summed E-state index contributed by atoms with van der Waals surface area (Å²) in [5.74, 6) is -1.21. The molecule has 2 aromatic rings. The van der Waals surface area contributed by atoms with E-state index in [0.29, 0.717) is 9.40 Å². The Morgan fingerprint density at radius 3 is 1.50 bits per heavy atom. The minimum absolute atomic E-state index is 0.216. The number of hydrogen-bond donors (Lipinski definition) is 4. The van der Waals surface area contributed by atoms with E-state index in [1.807, 2.05) is 0 Å². The average molecular weight is 256 g/mol. The molecule has 0 aliphatic heterocycles. The minimum Gasteiger partial charge on any atom is -0.397 e. The van der Waals surface area contributed by atoms with E-state index in [2.05, 4.69) is 0 Å². The van der Waals surface area contributed by atoms with Crippen LogP contribution in [0.25, 0.3) is 9.40 Å². The van der Waals surface area contributed by atoms with Crippen molar-refractivity contribution in [3.05, 3.63) is 9.75 Å². The number of thiophene rings is 2. The van der Waals surface area contributed by atoms with Crippen LogP contribution in [0, 0.1) is 0 Å². The Morgan fingerprint density at radius 2 is 1.25 bits per heavy atom. The zero-order valence-corrected chi connectivity index (χ0v) is 9.58. The van der Waals surface area contributed by atoms with Gasteiger partial charge in [0.1, 0.15) is 9.75 Å². The van der Waals surface area contributed by atoms with Crippen LogP contribution in [0.4, 0.5) is 11.4 Å². The first-order chi connectivity index (χ1) is 7.43. The number of fused-ring (bicyclic) bond motifs is 1. The number of rotatable bonds is 2. The SMILES string of the molecule is NC(=O)c1sc2sc(C(N)=O)c(N)c2c1N. The van der Waals surface area contributed by atoms with Gasteiger partial charge in [0, 0.05) is 0 Å². The number of carbonyl (C=O) groups is 2. The van der Waals surface area contributed by atoms with Gasteiger partial charge in [-0.1, -0.05) is 0 Å². The minimum atomic E-state index is -0.606. The lowest BCUT2D eigenvalue weighted by molar-refractivity contribution is 0.0996. The second kappa shape index (κ2) is 3.35. The second-order valence-corrected chi connectivity index (χ2v) is 5.38. The fraction of sp³-hybridized carbons (Fsp3) is 0. The fourth-order valence-electron chi connectivity index (χ4n) is 1.38. The topological polar surface area (TPSA) is 138 Å². The summed E-state index contributed by atoms with van der Waals surface area (Å²) in [5, 5.41) is 0.498. The van der Waals surface area contributed by atoms with Crippen LogP contribution in [0.1, 0.15) is 19.3 Å². The lowest BCUT2D eigenvalue weighted by Gasteiger charge is -1.95. The third-order valence-electron chi connectivity index (χ3n) is 2.07. The maximum absolute atomic E-state index is 11.0. The van der Waals surface area contributed by atoms with E-state index in [9.17, 15) is 9.59 Å². The first kappa shape index (κ1) is 10.7. The van der Waals surface area contributed by atoms with Crippen LogP contribution in [0.15, 0.2) is 0 Å². The van der Waals surface area contributed by atoms with Gasteiger partial charge in [0.2, 0.25) is 0 Å². The molecule has 8 heteroatoms. The first-order valence-corrected chi connectivity index (χ1v) is 5.76. The molecule has 0 aliphatic carbocycles. The molecule has 0 atom stereocenters. The monoisotopic (exact) mass is 256 g/mol. The smallest absolute Gasteiger partial charge is 0.260 e. The molecule has 0 fully saturated rings. The molecular weight excluding hydrogens is 248 g/mol. The third kappa shape index (κ3) is 1.31. The standard InChI is InChI=1S/C8H8N4O2S2/c9-2-1-3(10)5(7(12)14)16-8(1)15-4(2)6(11)13/h9-10H2,(H2,11,13)(H2,12,14). The maximum Gasteiger partial charge on any atom is 0.260 e. The number of hydrogen-bond acceptors (Lipinski definition) is 6. The molecule has 0 spiro atoms. The lowest BCUT2D eigenvalue weighted by Crippen LogP contribution is -2.12. The van der Waals surface area contributed by atoms with Crippen LogP contribution in [-0.2, 0) is 0 Å². The number of anilines is 2. The van der Waals surface area contributed by atoms with Crippen molar-refractivity contribution >= 4 is 55.3 Å². The third-order valence-corrected chi connectivity index (χ3v) is 4.60. The Bertz CT molecular complexity index is 564. The highest BCUT2D eigenvalue weighted by atomic mass is 32.2. The summed E-state index contributed by atoms with van der Waals surface area (Å²) in [6.45, 7) is 0. The zero-order chi connectivity index (χ0) is 12.0. The van der Waals surface area contributed by atoms with Gasteiger partial charge < -0.3 is 22.9 Å². The quantitative estimate of drug-likeness (QED) is 0.614. The number of nitrogens with two attached hydrogens (primary N) is 4. The molecule has 2 amide bonds. The molecule has 8 N–H and O–H groups in total. The van der Waals surface area contributed by atoms with Crippen LogP contribution in [-0.4, -0.2) is 11.8 Å². The second-order valence-electron chi connectivity index (χ2n) is 3.08. The van der Waals surface area contributed by atoms with Crippen LogP contribution >= 0.6 is 22.7 Å². The average Bonchev–Trinajstić information content (AvgIpc) is 2.66. The first-order valence-electron chi connectivity index (χ1n) is 4.13. The Balaban J connectivity index is 2.79. The summed E-state index contributed by atoms with van der Waals surface area (Å²) in [6, 6.07) is 0. The van der Waals surface area contributed by atoms with Crippen LogP contribution in [0.3, 0.4) is 0 Å². The Kier molecular flexibility index (Phi) is 2.25. The summed E-state index contributed by atoms with van der Waals surface area (Å²) in [7, 11) is 0. The van der Waals surface area contributed by atoms with Gasteiger partial charge in [-0.3, -0.25) is 9.59 Å². The predicted octanol–water partition coefficient (Wildman–Crippen LogP) is 0.325. The van der Waals surface area contributed by atoms with Gasteiger partial charge in [-0.2, -0.15) is 0 Å². The Hall–Kier alpha value is -1.80. The molecule has 2 heterocycles. The van der Waals surface area contributed by atoms with Gasteiger partial charge in [-0.25, -0.2) is 0 Å². The van der Waals surface area contributed by atoms with Crippen molar-refractivity contribution in [1.29, 1.82) is 0 Å². The molecule has 6 nitrogen and oxygen atoms in total. The summed E-state index contributed by atoms with van der Waals surface area (Å²) < 4.78 is 0.678. The van der Waals surface area contributed by atoms with E-state index >= 15 is 0 Å². The normalized spacial score (nSPS) is 10.8. The molecule has 0 aromatic carbocycles. The number of nitrogen functional groups attached to an aromatic ring is 2. The summed E-state index contributed by atoms with van der Waals surface area (Å²) in [5.41, 5.74) is 22.2. The highest BCUT2D eigenvalue weighted by Gasteiger charge is 2.22. The van der Waals surface area contributed by atoms with E-state index in [4.69, 9.17) is 22.9 Å². The van der Waals surface area contributed by atoms with Crippen molar-refractivity contribution in [2.75, 3.05) is 11.5 Å². The highest BCUT2D eigenvalue weighted by molar-refractivity contribution is 7.40. The zero-order valence-electron chi connectivity index (χ0n) is 7.94. The Labute approximate surface area is 97.8 Å². The maximum atomic E-state index is 11.0. The van der Waals surface area contributed by atoms with Gasteiger partial charge in [-0.15, -0.1) is 22.7 Å². The van der Waals surface area contributed by atoms with Crippen molar-refractivity contribution in [2.24, 2.45) is 11.5 Å². The van der Waals surface area contributed by atoms with Crippen LogP contribution in [0.2, 0.25) is 0 Å². The number of primary amides is 2. The molecule has 0 bridgehead atoms. The van der Waals surface area contributed by atoms with Crippen molar-refractivity contribution in [1.82, 2.24) is 0 Å². The van der Waals surface area contributed by atoms with Gasteiger partial charge in [0.25, 0.3) is 11.8 Å². The molecule has 0 saturated heterocycles.